The second-order valence-electron chi connectivity index (χ2n) is 10.6. The molecule has 2 atom stereocenters. The average molecular weight is 483 g/mol. The maximum Gasteiger partial charge on any atom is 0.295 e. The number of carbonyl (C=O) groups is 2. The van der Waals surface area contributed by atoms with Gasteiger partial charge < -0.3 is 14.7 Å². The first-order valence-electron chi connectivity index (χ1n) is 12.2. The highest BCUT2D eigenvalue weighted by molar-refractivity contribution is 6.46. The number of pyridine rings is 1. The number of aromatic nitrogens is 1. The van der Waals surface area contributed by atoms with Crippen LogP contribution in [0.2, 0.25) is 0 Å². The van der Waals surface area contributed by atoms with E-state index >= 15 is 0 Å². The largest absolute Gasteiger partial charge is 0.507 e. The fourth-order valence-electron chi connectivity index (χ4n) is 4.97. The Labute approximate surface area is 211 Å². The van der Waals surface area contributed by atoms with Gasteiger partial charge in [0.05, 0.1) is 11.6 Å². The van der Waals surface area contributed by atoms with Gasteiger partial charge in [-0.2, -0.15) is 0 Å². The van der Waals surface area contributed by atoms with Crippen LogP contribution >= 0.6 is 0 Å². The van der Waals surface area contributed by atoms with Gasteiger partial charge in [-0.1, -0.05) is 51.1 Å². The summed E-state index contributed by atoms with van der Waals surface area (Å²) in [5, 5.41) is 11.4. The summed E-state index contributed by atoms with van der Waals surface area (Å²) in [7, 11) is 0. The van der Waals surface area contributed by atoms with E-state index in [4.69, 9.17) is 4.74 Å². The first-order valence-corrected chi connectivity index (χ1v) is 12.2. The number of amides is 1. The summed E-state index contributed by atoms with van der Waals surface area (Å²) in [4.78, 5) is 32.3. The Hall–Kier alpha value is -3.93. The van der Waals surface area contributed by atoms with Gasteiger partial charge in [0.15, 0.2) is 0 Å². The van der Waals surface area contributed by atoms with Crippen LogP contribution in [0.1, 0.15) is 61.6 Å². The van der Waals surface area contributed by atoms with Crippen molar-refractivity contribution in [2.75, 3.05) is 0 Å². The minimum atomic E-state index is -0.720. The maximum absolute atomic E-state index is 13.4. The Morgan fingerprint density at radius 3 is 2.53 bits per heavy atom. The number of ether oxygens (including phenoxy) is 1. The Morgan fingerprint density at radius 1 is 1.11 bits per heavy atom. The van der Waals surface area contributed by atoms with Gasteiger partial charge in [-0.25, -0.2) is 0 Å². The van der Waals surface area contributed by atoms with Gasteiger partial charge >= 0.3 is 0 Å². The molecule has 3 heterocycles. The van der Waals surface area contributed by atoms with Crippen LogP contribution in [0.3, 0.4) is 0 Å². The number of nitrogens with zero attached hydrogens (tertiary/aromatic N) is 2. The molecule has 0 spiro atoms. The van der Waals surface area contributed by atoms with Gasteiger partial charge in [0.1, 0.15) is 17.6 Å². The fraction of sp³-hybridized carbons (Fsp3) is 0.300. The summed E-state index contributed by atoms with van der Waals surface area (Å²) in [6, 6.07) is 16.3. The van der Waals surface area contributed by atoms with E-state index in [1.54, 1.807) is 24.5 Å². The molecule has 1 saturated heterocycles. The summed E-state index contributed by atoms with van der Waals surface area (Å²) in [5.41, 5.74) is 4.25. The molecule has 184 valence electrons. The number of benzene rings is 2. The zero-order valence-electron chi connectivity index (χ0n) is 21.0. The Bertz CT molecular complexity index is 1350. The predicted molar refractivity (Wildman–Crippen MR) is 137 cm³/mol. The van der Waals surface area contributed by atoms with E-state index in [2.05, 4.69) is 25.8 Å². The molecular formula is C30H30N2O4. The van der Waals surface area contributed by atoms with E-state index < -0.39 is 17.7 Å². The van der Waals surface area contributed by atoms with Crippen molar-refractivity contribution in [2.45, 2.75) is 58.2 Å². The molecule has 0 aliphatic carbocycles. The molecule has 2 aromatic carbocycles. The highest BCUT2D eigenvalue weighted by Gasteiger charge is 2.46. The number of hydrogen-bond acceptors (Lipinski definition) is 5. The molecule has 2 aliphatic rings. The van der Waals surface area contributed by atoms with Crippen LogP contribution in [0.15, 0.2) is 72.6 Å². The molecule has 36 heavy (non-hydrogen) atoms. The van der Waals surface area contributed by atoms with Gasteiger partial charge in [0.25, 0.3) is 11.7 Å². The van der Waals surface area contributed by atoms with Crippen molar-refractivity contribution in [1.82, 2.24) is 9.88 Å². The molecule has 0 bridgehead atoms. The lowest BCUT2D eigenvalue weighted by atomic mass is 9.85. The third kappa shape index (κ3) is 4.28. The Morgan fingerprint density at radius 2 is 1.86 bits per heavy atom. The monoisotopic (exact) mass is 482 g/mol. The van der Waals surface area contributed by atoms with Crippen LogP contribution in [0, 0.1) is 0 Å². The average Bonchev–Trinajstić information content (AvgIpc) is 3.35. The zero-order chi connectivity index (χ0) is 25.6. The molecule has 1 amide bonds. The third-order valence-corrected chi connectivity index (χ3v) is 6.88. The van der Waals surface area contributed by atoms with E-state index in [9.17, 15) is 14.7 Å². The Balaban J connectivity index is 1.62. The third-order valence-electron chi connectivity index (χ3n) is 6.88. The number of carbonyl (C=O) groups excluding carboxylic acids is 2. The number of fused-ring (bicyclic) bond motifs is 1. The normalized spacial score (nSPS) is 20.9. The van der Waals surface area contributed by atoms with Crippen molar-refractivity contribution in [3.8, 4) is 5.75 Å². The summed E-state index contributed by atoms with van der Waals surface area (Å²) in [6.07, 6.45) is 4.13. The van der Waals surface area contributed by atoms with Crippen LogP contribution in [0.5, 0.6) is 5.75 Å². The molecule has 2 unspecified atom stereocenters. The quantitative estimate of drug-likeness (QED) is 0.309. The van der Waals surface area contributed by atoms with E-state index in [1.807, 2.05) is 49.4 Å². The first kappa shape index (κ1) is 23.8. The molecule has 6 heteroatoms. The number of likely N-dealkylation sites (tertiary alicyclic amines) is 1. The maximum atomic E-state index is 13.4. The lowest BCUT2D eigenvalue weighted by molar-refractivity contribution is -0.140. The van der Waals surface area contributed by atoms with Crippen molar-refractivity contribution in [1.29, 1.82) is 0 Å². The molecule has 6 nitrogen and oxygen atoms in total. The van der Waals surface area contributed by atoms with Crippen LogP contribution in [0.4, 0.5) is 0 Å². The number of aliphatic hydroxyl groups excluding tert-OH is 1. The topological polar surface area (TPSA) is 79.7 Å². The van der Waals surface area contributed by atoms with Crippen LogP contribution in [-0.4, -0.2) is 32.8 Å². The SMILES string of the molecule is CC1Cc2cc(C(O)=C3C(=O)C(=O)N(Cc4cccnc4)C3c3ccc(C(C)(C)C)cc3)ccc2O1. The number of hydrogen-bond donors (Lipinski definition) is 1. The molecule has 0 radical (unpaired) electrons. The summed E-state index contributed by atoms with van der Waals surface area (Å²) < 4.78 is 5.78. The number of aliphatic hydroxyl groups is 1. The van der Waals surface area contributed by atoms with Crippen molar-refractivity contribution in [2.24, 2.45) is 0 Å². The molecule has 1 N–H and O–H groups in total. The van der Waals surface area contributed by atoms with Gasteiger partial charge in [-0.15, -0.1) is 0 Å². The highest BCUT2D eigenvalue weighted by Crippen LogP contribution is 2.41. The molecular weight excluding hydrogens is 452 g/mol. The number of ketones is 1. The number of rotatable bonds is 4. The van der Waals surface area contributed by atoms with Gasteiger partial charge in [0.2, 0.25) is 0 Å². The molecule has 5 rings (SSSR count). The first-order chi connectivity index (χ1) is 17.1. The Kier molecular flexibility index (Phi) is 5.91. The summed E-state index contributed by atoms with van der Waals surface area (Å²) in [6.45, 7) is 8.60. The van der Waals surface area contributed by atoms with Crippen LogP contribution in [0.25, 0.3) is 5.76 Å². The second kappa shape index (κ2) is 8.94. The van der Waals surface area contributed by atoms with Crippen LogP contribution in [-0.2, 0) is 28.0 Å². The molecule has 0 saturated carbocycles. The molecule has 3 aromatic rings. The van der Waals surface area contributed by atoms with Gasteiger partial charge in [-0.05, 0) is 58.9 Å². The van der Waals surface area contributed by atoms with E-state index in [0.29, 0.717) is 5.56 Å². The standard InChI is InChI=1S/C30H30N2O4/c1-18-14-22-15-21(9-12-24(22)36-18)27(33)25-26(20-7-10-23(11-8-20)30(2,3)4)32(29(35)28(25)34)17-19-6-5-13-31-16-19/h5-13,15-16,18,26,33H,14,17H2,1-4H3. The predicted octanol–water partition coefficient (Wildman–Crippen LogP) is 5.32. The van der Waals surface area contributed by atoms with Crippen molar-refractivity contribution < 1.29 is 19.4 Å². The minimum absolute atomic E-state index is 0.0420. The minimum Gasteiger partial charge on any atom is -0.507 e. The second-order valence-corrected chi connectivity index (χ2v) is 10.6. The zero-order valence-corrected chi connectivity index (χ0v) is 21.0. The van der Waals surface area contributed by atoms with Gasteiger partial charge in [0, 0.05) is 30.9 Å². The molecule has 1 aromatic heterocycles. The van der Waals surface area contributed by atoms with Crippen molar-refractivity contribution >= 4 is 17.4 Å². The smallest absolute Gasteiger partial charge is 0.295 e. The van der Waals surface area contributed by atoms with Crippen LogP contribution < -0.4 is 4.74 Å². The van der Waals surface area contributed by atoms with Gasteiger partial charge in [-0.3, -0.25) is 14.6 Å². The van der Waals surface area contributed by atoms with E-state index in [-0.39, 0.29) is 29.4 Å². The summed E-state index contributed by atoms with van der Waals surface area (Å²) >= 11 is 0. The number of Topliss-reactive ketones (excluding diaryl/α,β-unsaturated/α-hetero) is 1. The van der Waals surface area contributed by atoms with Crippen molar-refractivity contribution in [3.63, 3.8) is 0 Å². The summed E-state index contributed by atoms with van der Waals surface area (Å²) in [5.74, 6) is -0.713. The lowest BCUT2D eigenvalue weighted by Gasteiger charge is -2.26. The molecule has 1 fully saturated rings. The lowest BCUT2D eigenvalue weighted by Crippen LogP contribution is -2.29. The van der Waals surface area contributed by atoms with E-state index in [1.165, 1.54) is 4.90 Å². The van der Waals surface area contributed by atoms with Crippen molar-refractivity contribution in [3.05, 3.63) is 100 Å². The fourth-order valence-corrected chi connectivity index (χ4v) is 4.97. The highest BCUT2D eigenvalue weighted by atomic mass is 16.5. The van der Waals surface area contributed by atoms with E-state index in [0.717, 1.165) is 34.4 Å². The molecule has 2 aliphatic heterocycles.